The van der Waals surface area contributed by atoms with Gasteiger partial charge in [-0.15, -0.1) is 0 Å². The summed E-state index contributed by atoms with van der Waals surface area (Å²) >= 11 is 0. The van der Waals surface area contributed by atoms with Crippen LogP contribution in [0.3, 0.4) is 0 Å². The number of benzene rings is 1. The molecule has 1 fully saturated rings. The van der Waals surface area contributed by atoms with E-state index >= 15 is 0 Å². The van der Waals surface area contributed by atoms with Crippen LogP contribution < -0.4 is 15.3 Å². The standard InChI is InChI=1S/C27H35N6O8P/c1-4-18(5-2)13-38-26(36)17(3)32-42(37,41-19-9-7-6-8-10-19)39-14-21-23(34)24(35)27(15-28,40-21)22-12-11-20-25(29)30-16-31-33(20)22/h6-12,16-18,21,23-24,34-35H,4-5,13-14H2,1-3H3,(H,32,37)(H2,29,30,31)/t17-,21?,23?,24+,27-,42?/m0/s1. The molecule has 0 amide bonds. The van der Waals surface area contributed by atoms with E-state index in [1.54, 1.807) is 36.4 Å². The van der Waals surface area contributed by atoms with E-state index in [2.05, 4.69) is 15.2 Å². The Bertz CT molecular complexity index is 1460. The van der Waals surface area contributed by atoms with E-state index in [1.807, 2.05) is 19.9 Å². The van der Waals surface area contributed by atoms with Crippen LogP contribution in [0.4, 0.5) is 5.82 Å². The second-order valence-electron chi connectivity index (χ2n) is 9.96. The molecule has 42 heavy (non-hydrogen) atoms. The first-order chi connectivity index (χ1) is 20.1. The molecular formula is C27H35N6O8P. The van der Waals surface area contributed by atoms with Crippen molar-refractivity contribution >= 4 is 25.1 Å². The van der Waals surface area contributed by atoms with Gasteiger partial charge in [0.2, 0.25) is 5.60 Å². The van der Waals surface area contributed by atoms with Gasteiger partial charge in [0.15, 0.2) is 5.82 Å². The number of aliphatic hydroxyl groups excluding tert-OH is 2. The van der Waals surface area contributed by atoms with Crippen LogP contribution in [0.1, 0.15) is 39.3 Å². The van der Waals surface area contributed by atoms with Gasteiger partial charge in [0, 0.05) is 0 Å². The van der Waals surface area contributed by atoms with Gasteiger partial charge in [-0.2, -0.15) is 15.4 Å². The third kappa shape index (κ3) is 6.42. The Morgan fingerprint density at radius 1 is 1.26 bits per heavy atom. The Hall–Kier alpha value is -3.57. The van der Waals surface area contributed by atoms with Crippen molar-refractivity contribution in [3.8, 4) is 11.8 Å². The van der Waals surface area contributed by atoms with Gasteiger partial charge < -0.3 is 29.9 Å². The Balaban J connectivity index is 1.53. The fourth-order valence-corrected chi connectivity index (χ4v) is 6.07. The highest BCUT2D eigenvalue weighted by Crippen LogP contribution is 2.47. The van der Waals surface area contributed by atoms with E-state index in [0.717, 1.165) is 12.8 Å². The van der Waals surface area contributed by atoms with E-state index in [0.29, 0.717) is 5.52 Å². The molecule has 0 radical (unpaired) electrons. The first-order valence-electron chi connectivity index (χ1n) is 13.5. The molecule has 3 unspecified atom stereocenters. The third-order valence-electron chi connectivity index (χ3n) is 7.19. The minimum absolute atomic E-state index is 0.0961. The number of fused-ring (bicyclic) bond motifs is 1. The minimum atomic E-state index is -4.32. The Kier molecular flexibility index (Phi) is 9.83. The number of carbonyl (C=O) groups excluding carboxylic acids is 1. The topological polar surface area (TPSA) is 204 Å². The molecule has 15 heteroatoms. The lowest BCUT2D eigenvalue weighted by Gasteiger charge is -2.25. The van der Waals surface area contributed by atoms with Crippen LogP contribution in [-0.4, -0.2) is 68.3 Å². The molecule has 5 N–H and O–H groups in total. The number of aliphatic hydroxyl groups is 2. The molecule has 226 valence electrons. The maximum absolute atomic E-state index is 13.9. The van der Waals surface area contributed by atoms with Crippen molar-refractivity contribution in [1.29, 1.82) is 5.26 Å². The lowest BCUT2D eigenvalue weighted by molar-refractivity contribution is -0.146. The fourth-order valence-electron chi connectivity index (χ4n) is 4.57. The summed E-state index contributed by atoms with van der Waals surface area (Å²) in [5.41, 5.74) is 4.28. The number of esters is 1. The molecular weight excluding hydrogens is 567 g/mol. The average Bonchev–Trinajstić information content (AvgIpc) is 3.53. The van der Waals surface area contributed by atoms with Gasteiger partial charge >= 0.3 is 13.7 Å². The van der Waals surface area contributed by atoms with Crippen LogP contribution >= 0.6 is 7.75 Å². The zero-order valence-corrected chi connectivity index (χ0v) is 24.4. The number of carbonyl (C=O) groups is 1. The fraction of sp³-hybridized carbons (Fsp3) is 0.481. The summed E-state index contributed by atoms with van der Waals surface area (Å²) in [4.78, 5) is 16.6. The van der Waals surface area contributed by atoms with Crippen molar-refractivity contribution in [2.24, 2.45) is 5.92 Å². The summed E-state index contributed by atoms with van der Waals surface area (Å²) in [6.45, 7) is 5.08. The first-order valence-corrected chi connectivity index (χ1v) is 15.1. The van der Waals surface area contributed by atoms with Crippen molar-refractivity contribution in [3.63, 3.8) is 0 Å². The molecule has 0 bridgehead atoms. The second-order valence-corrected chi connectivity index (χ2v) is 11.7. The molecule has 14 nitrogen and oxygen atoms in total. The number of nitrogens with zero attached hydrogens (tertiary/aromatic N) is 4. The van der Waals surface area contributed by atoms with Gasteiger partial charge in [-0.3, -0.25) is 9.32 Å². The number of nitrogen functional groups attached to an aromatic ring is 1. The summed E-state index contributed by atoms with van der Waals surface area (Å²) in [6.07, 6.45) is -1.87. The lowest BCUT2D eigenvalue weighted by Crippen LogP contribution is -2.41. The summed E-state index contributed by atoms with van der Waals surface area (Å²) in [5.74, 6) is -0.143. The van der Waals surface area contributed by atoms with Crippen molar-refractivity contribution in [2.75, 3.05) is 18.9 Å². The van der Waals surface area contributed by atoms with Gasteiger partial charge in [-0.05, 0) is 37.1 Å². The summed E-state index contributed by atoms with van der Waals surface area (Å²) in [5, 5.41) is 38.7. The zero-order chi connectivity index (χ0) is 30.5. The molecule has 0 aliphatic carbocycles. The van der Waals surface area contributed by atoms with E-state index < -0.39 is 50.3 Å². The number of rotatable bonds is 13. The number of para-hydroxylation sites is 1. The summed E-state index contributed by atoms with van der Waals surface area (Å²) < 4.78 is 37.8. The molecule has 0 saturated carbocycles. The van der Waals surface area contributed by atoms with E-state index in [9.17, 15) is 24.8 Å². The maximum atomic E-state index is 13.9. The van der Waals surface area contributed by atoms with Crippen molar-refractivity contribution in [2.45, 2.75) is 63.6 Å². The van der Waals surface area contributed by atoms with Crippen LogP contribution in [0, 0.1) is 17.2 Å². The quantitative estimate of drug-likeness (QED) is 0.164. The van der Waals surface area contributed by atoms with Crippen molar-refractivity contribution < 1.29 is 38.1 Å². The second kappa shape index (κ2) is 13.2. The Labute approximate surface area is 242 Å². The van der Waals surface area contributed by atoms with Crippen LogP contribution in [0.5, 0.6) is 5.75 Å². The SMILES string of the molecule is CCC(CC)COC(=O)[C@H](C)NP(=O)(OCC1O[C@@](C#N)(c2ccc3c(N)ncnn23)[C@H](O)C1O)Oc1ccccc1. The molecule has 1 aliphatic heterocycles. The van der Waals surface area contributed by atoms with Gasteiger partial charge in [0.05, 0.1) is 18.9 Å². The molecule has 1 saturated heterocycles. The van der Waals surface area contributed by atoms with Crippen LogP contribution in [0.2, 0.25) is 0 Å². The molecule has 4 rings (SSSR count). The zero-order valence-electron chi connectivity index (χ0n) is 23.5. The molecule has 2 aromatic heterocycles. The smallest absolute Gasteiger partial charge is 0.459 e. The van der Waals surface area contributed by atoms with Gasteiger partial charge in [-0.25, -0.2) is 14.1 Å². The molecule has 1 aromatic carbocycles. The van der Waals surface area contributed by atoms with E-state index in [4.69, 9.17) is 24.3 Å². The van der Waals surface area contributed by atoms with E-state index in [1.165, 1.54) is 23.8 Å². The predicted octanol–water partition coefficient (Wildman–Crippen LogP) is 2.31. The minimum Gasteiger partial charge on any atom is -0.464 e. The summed E-state index contributed by atoms with van der Waals surface area (Å²) in [6, 6.07) is 12.0. The number of hydrogen-bond acceptors (Lipinski definition) is 12. The predicted molar refractivity (Wildman–Crippen MR) is 150 cm³/mol. The monoisotopic (exact) mass is 602 g/mol. The van der Waals surface area contributed by atoms with Crippen molar-refractivity contribution in [3.05, 3.63) is 54.5 Å². The van der Waals surface area contributed by atoms with Gasteiger partial charge in [0.25, 0.3) is 0 Å². The van der Waals surface area contributed by atoms with Gasteiger partial charge in [-0.1, -0.05) is 44.9 Å². The molecule has 3 heterocycles. The van der Waals surface area contributed by atoms with E-state index in [-0.39, 0.29) is 29.8 Å². The van der Waals surface area contributed by atoms with Crippen LogP contribution in [0.15, 0.2) is 48.8 Å². The highest BCUT2D eigenvalue weighted by atomic mass is 31.2. The Morgan fingerprint density at radius 2 is 1.98 bits per heavy atom. The number of nitrogens with two attached hydrogens (primary N) is 1. The summed E-state index contributed by atoms with van der Waals surface area (Å²) in [7, 11) is -4.32. The van der Waals surface area contributed by atoms with Gasteiger partial charge in [0.1, 0.15) is 48.0 Å². The number of nitrogens with one attached hydrogen (secondary N) is 1. The van der Waals surface area contributed by atoms with Crippen molar-refractivity contribution in [1.82, 2.24) is 19.7 Å². The molecule has 6 atom stereocenters. The molecule has 0 spiro atoms. The largest absolute Gasteiger partial charge is 0.464 e. The molecule has 3 aromatic rings. The number of ether oxygens (including phenoxy) is 2. The Morgan fingerprint density at radius 3 is 2.64 bits per heavy atom. The molecule has 1 aliphatic rings. The first kappa shape index (κ1) is 31.4. The number of nitriles is 1. The van der Waals surface area contributed by atoms with Crippen LogP contribution in [0.25, 0.3) is 5.52 Å². The third-order valence-corrected chi connectivity index (χ3v) is 8.83. The maximum Gasteiger partial charge on any atom is 0.459 e. The number of hydrogen-bond donors (Lipinski definition) is 4. The number of aromatic nitrogens is 3. The lowest BCUT2D eigenvalue weighted by atomic mass is 9.92. The number of anilines is 1. The normalized spacial score (nSPS) is 24.3. The van der Waals surface area contributed by atoms with Crippen LogP contribution in [-0.2, 0) is 29.0 Å². The average molecular weight is 603 g/mol. The highest BCUT2D eigenvalue weighted by molar-refractivity contribution is 7.52. The highest BCUT2D eigenvalue weighted by Gasteiger charge is 2.58.